The third kappa shape index (κ3) is 8.50. The van der Waals surface area contributed by atoms with E-state index in [2.05, 4.69) is 26.1 Å². The Kier molecular flexibility index (Phi) is 11.5. The molecule has 1 aliphatic rings. The highest BCUT2D eigenvalue weighted by molar-refractivity contribution is 6.60. The Balaban J connectivity index is 2.44. The quantitative estimate of drug-likeness (QED) is 0.381. The summed E-state index contributed by atoms with van der Waals surface area (Å²) in [7, 11) is -2.64. The average molecular weight is 404 g/mol. The average Bonchev–Trinajstić information content (AvgIpc) is 2.59. The predicted molar refractivity (Wildman–Crippen MR) is 110 cm³/mol. The summed E-state index contributed by atoms with van der Waals surface area (Å²) in [6.45, 7) is 14.8. The van der Waals surface area contributed by atoms with Gasteiger partial charge in [0.15, 0.2) is 0 Å². The molecular weight excluding hydrogens is 362 g/mol. The topological polar surface area (TPSA) is 66.0 Å². The van der Waals surface area contributed by atoms with Crippen molar-refractivity contribution >= 4 is 14.9 Å². The zero-order valence-corrected chi connectivity index (χ0v) is 19.2. The molecule has 0 saturated heterocycles. The maximum absolute atomic E-state index is 12.3. The van der Waals surface area contributed by atoms with Gasteiger partial charge in [-0.3, -0.25) is 0 Å². The second-order valence-electron chi connectivity index (χ2n) is 7.78. The lowest BCUT2D eigenvalue weighted by Gasteiger charge is -2.36. The zero-order valence-electron chi connectivity index (χ0n) is 18.2. The first-order valence-corrected chi connectivity index (χ1v) is 12.7. The highest BCUT2D eigenvalue weighted by Crippen LogP contribution is 2.35. The highest BCUT2D eigenvalue weighted by Gasteiger charge is 2.39. The standard InChI is InChI=1S/C20H41NO5Si/c1-7-23-27(24-8-2,25-9-3)14-10-13-21-20(22)26-19-15-17(6)11-12-18(19)16(4)5/h16-19H,7-15H2,1-6H3,(H,21,22). The van der Waals surface area contributed by atoms with Gasteiger partial charge in [0.2, 0.25) is 0 Å². The lowest BCUT2D eigenvalue weighted by molar-refractivity contribution is 0.00615. The van der Waals surface area contributed by atoms with E-state index in [0.29, 0.717) is 50.2 Å². The van der Waals surface area contributed by atoms with Gasteiger partial charge in [-0.05, 0) is 57.8 Å². The van der Waals surface area contributed by atoms with Gasteiger partial charge in [0.1, 0.15) is 6.10 Å². The number of rotatable bonds is 12. The molecule has 0 aromatic heterocycles. The van der Waals surface area contributed by atoms with Gasteiger partial charge in [-0.25, -0.2) is 4.79 Å². The molecule has 0 aliphatic heterocycles. The van der Waals surface area contributed by atoms with Crippen molar-refractivity contribution in [1.29, 1.82) is 0 Å². The van der Waals surface area contributed by atoms with Crippen LogP contribution in [0.4, 0.5) is 4.79 Å². The normalized spacial score (nSPS) is 23.4. The van der Waals surface area contributed by atoms with E-state index in [1.165, 1.54) is 6.42 Å². The molecule has 0 radical (unpaired) electrons. The molecule has 1 aliphatic carbocycles. The Labute approximate surface area is 167 Å². The highest BCUT2D eigenvalue weighted by atomic mass is 28.4. The smallest absolute Gasteiger partial charge is 0.446 e. The fourth-order valence-corrected chi connectivity index (χ4v) is 6.54. The Morgan fingerprint density at radius 3 is 2.19 bits per heavy atom. The summed E-state index contributed by atoms with van der Waals surface area (Å²) in [5, 5.41) is 2.90. The van der Waals surface area contributed by atoms with Crippen LogP contribution in [-0.4, -0.2) is 47.4 Å². The summed E-state index contributed by atoms with van der Waals surface area (Å²) in [6.07, 6.45) is 3.79. The van der Waals surface area contributed by atoms with Crippen molar-refractivity contribution in [3.63, 3.8) is 0 Å². The first-order chi connectivity index (χ1) is 12.9. The van der Waals surface area contributed by atoms with Crippen LogP contribution in [0.2, 0.25) is 6.04 Å². The predicted octanol–water partition coefficient (Wildman–Crippen LogP) is 4.61. The summed E-state index contributed by atoms with van der Waals surface area (Å²) in [5.41, 5.74) is 0. The fraction of sp³-hybridized carbons (Fsp3) is 0.950. The van der Waals surface area contributed by atoms with E-state index < -0.39 is 8.80 Å². The third-order valence-corrected chi connectivity index (χ3v) is 8.39. The molecule has 0 aromatic carbocycles. The minimum atomic E-state index is -2.64. The Bertz CT molecular complexity index is 404. The van der Waals surface area contributed by atoms with Crippen molar-refractivity contribution in [3.05, 3.63) is 0 Å². The van der Waals surface area contributed by atoms with Gasteiger partial charge in [-0.1, -0.05) is 27.2 Å². The van der Waals surface area contributed by atoms with Crippen molar-refractivity contribution in [1.82, 2.24) is 5.32 Å². The summed E-state index contributed by atoms with van der Waals surface area (Å²) in [6, 6.07) is 0.692. The van der Waals surface area contributed by atoms with Crippen molar-refractivity contribution in [3.8, 4) is 0 Å². The van der Waals surface area contributed by atoms with Crippen molar-refractivity contribution < 1.29 is 22.8 Å². The summed E-state index contributed by atoms with van der Waals surface area (Å²) < 4.78 is 23.3. The fourth-order valence-electron chi connectivity index (χ4n) is 3.93. The van der Waals surface area contributed by atoms with Gasteiger partial charge in [0.25, 0.3) is 0 Å². The van der Waals surface area contributed by atoms with Crippen LogP contribution < -0.4 is 5.32 Å². The second kappa shape index (κ2) is 12.8. The molecule has 1 amide bonds. The first-order valence-electron chi connectivity index (χ1n) is 10.7. The summed E-state index contributed by atoms with van der Waals surface area (Å²) >= 11 is 0. The molecule has 7 heteroatoms. The van der Waals surface area contributed by atoms with Crippen LogP contribution in [0.5, 0.6) is 0 Å². The third-order valence-electron chi connectivity index (χ3n) is 5.24. The number of ether oxygens (including phenoxy) is 1. The number of amides is 1. The Morgan fingerprint density at radius 1 is 1.07 bits per heavy atom. The molecular formula is C20H41NO5Si. The van der Waals surface area contributed by atoms with Crippen LogP contribution in [-0.2, 0) is 18.0 Å². The molecule has 0 spiro atoms. The van der Waals surface area contributed by atoms with Crippen molar-refractivity contribution in [2.24, 2.45) is 17.8 Å². The largest absolute Gasteiger partial charge is 0.500 e. The van der Waals surface area contributed by atoms with Crippen LogP contribution >= 0.6 is 0 Å². The van der Waals surface area contributed by atoms with E-state index in [0.717, 1.165) is 19.3 Å². The van der Waals surface area contributed by atoms with E-state index in [1.807, 2.05) is 20.8 Å². The van der Waals surface area contributed by atoms with E-state index >= 15 is 0 Å². The van der Waals surface area contributed by atoms with E-state index in [4.69, 9.17) is 18.0 Å². The van der Waals surface area contributed by atoms with Gasteiger partial charge in [-0.15, -0.1) is 0 Å². The van der Waals surface area contributed by atoms with Gasteiger partial charge in [-0.2, -0.15) is 0 Å². The number of carbonyl (C=O) groups is 1. The van der Waals surface area contributed by atoms with Crippen LogP contribution in [0.25, 0.3) is 0 Å². The number of hydrogen-bond acceptors (Lipinski definition) is 5. The molecule has 0 heterocycles. The molecule has 3 unspecified atom stereocenters. The summed E-state index contributed by atoms with van der Waals surface area (Å²) in [4.78, 5) is 12.3. The molecule has 27 heavy (non-hydrogen) atoms. The van der Waals surface area contributed by atoms with Crippen LogP contribution in [0.3, 0.4) is 0 Å². The van der Waals surface area contributed by atoms with Gasteiger partial charge < -0.3 is 23.3 Å². The van der Waals surface area contributed by atoms with Gasteiger partial charge in [0, 0.05) is 32.4 Å². The van der Waals surface area contributed by atoms with Gasteiger partial charge in [0.05, 0.1) is 0 Å². The molecule has 0 aromatic rings. The number of alkyl carbamates (subject to hydrolysis) is 1. The Morgan fingerprint density at radius 2 is 1.67 bits per heavy atom. The first kappa shape index (κ1) is 24.4. The maximum atomic E-state index is 12.3. The number of carbonyl (C=O) groups excluding carboxylic acids is 1. The summed E-state index contributed by atoms with van der Waals surface area (Å²) in [5.74, 6) is 1.61. The lowest BCUT2D eigenvalue weighted by Crippen LogP contribution is -2.46. The van der Waals surface area contributed by atoms with Crippen LogP contribution in [0.15, 0.2) is 0 Å². The molecule has 1 fully saturated rings. The molecule has 1 saturated carbocycles. The second-order valence-corrected chi connectivity index (χ2v) is 10.5. The maximum Gasteiger partial charge on any atom is 0.500 e. The molecule has 0 bridgehead atoms. The molecule has 1 N–H and O–H groups in total. The van der Waals surface area contributed by atoms with Gasteiger partial charge >= 0.3 is 14.9 Å². The molecule has 1 rings (SSSR count). The monoisotopic (exact) mass is 403 g/mol. The minimum absolute atomic E-state index is 0.0255. The zero-order chi connectivity index (χ0) is 20.3. The number of nitrogens with one attached hydrogen (secondary N) is 1. The van der Waals surface area contributed by atoms with E-state index in [9.17, 15) is 4.79 Å². The molecule has 3 atom stereocenters. The van der Waals surface area contributed by atoms with Crippen molar-refractivity contribution in [2.75, 3.05) is 26.4 Å². The van der Waals surface area contributed by atoms with Crippen molar-refractivity contribution in [2.45, 2.75) is 79.4 Å². The van der Waals surface area contributed by atoms with Crippen LogP contribution in [0.1, 0.15) is 67.2 Å². The van der Waals surface area contributed by atoms with E-state index in [-0.39, 0.29) is 12.2 Å². The van der Waals surface area contributed by atoms with E-state index in [1.54, 1.807) is 0 Å². The SMILES string of the molecule is CCO[Si](CCCNC(=O)OC1CC(C)CCC1C(C)C)(OCC)OCC. The van der Waals surface area contributed by atoms with Crippen LogP contribution in [0, 0.1) is 17.8 Å². The lowest BCUT2D eigenvalue weighted by atomic mass is 9.75. The number of hydrogen-bond donors (Lipinski definition) is 1. The molecule has 160 valence electrons. The minimum Gasteiger partial charge on any atom is -0.446 e. The molecule has 6 nitrogen and oxygen atoms in total. The Hall–Kier alpha value is -0.633.